The summed E-state index contributed by atoms with van der Waals surface area (Å²) in [4.78, 5) is 13.0. The number of carbonyl (C=O) groups is 1. The molecule has 0 spiro atoms. The van der Waals surface area contributed by atoms with Gasteiger partial charge in [0.05, 0.1) is 15.6 Å². The Labute approximate surface area is 146 Å². The summed E-state index contributed by atoms with van der Waals surface area (Å²) in [5.41, 5.74) is 0.755. The minimum absolute atomic E-state index is 0.127. The van der Waals surface area contributed by atoms with E-state index in [1.165, 1.54) is 4.57 Å². The molecule has 1 N–H and O–H groups in total. The monoisotopic (exact) mass is 367 g/mol. The van der Waals surface area contributed by atoms with Gasteiger partial charge in [-0.3, -0.25) is 9.36 Å². The fourth-order valence-electron chi connectivity index (χ4n) is 2.18. The van der Waals surface area contributed by atoms with Crippen LogP contribution in [-0.2, 0) is 0 Å². The normalized spacial score (nSPS) is 10.9. The molecular formula is C16H11Cl2NO3S. The molecule has 118 valence electrons. The van der Waals surface area contributed by atoms with E-state index in [4.69, 9.17) is 32.5 Å². The van der Waals surface area contributed by atoms with Crippen molar-refractivity contribution in [3.63, 3.8) is 0 Å². The number of halogens is 2. The fourth-order valence-corrected chi connectivity index (χ4v) is 2.77. The van der Waals surface area contributed by atoms with Crippen molar-refractivity contribution in [1.29, 1.82) is 0 Å². The van der Waals surface area contributed by atoms with E-state index in [2.05, 4.69) is 0 Å². The van der Waals surface area contributed by atoms with E-state index in [9.17, 15) is 4.79 Å². The summed E-state index contributed by atoms with van der Waals surface area (Å²) in [6.07, 6.45) is 1.68. The predicted octanol–water partition coefficient (Wildman–Crippen LogP) is 5.23. The number of hydrogen-bond donors (Lipinski definition) is 1. The number of fused-ring (bicyclic) bond motifs is 1. The number of nitrogens with zero attached hydrogens (tertiary/aromatic N) is 1. The van der Waals surface area contributed by atoms with Gasteiger partial charge in [0.25, 0.3) is 5.91 Å². The van der Waals surface area contributed by atoms with Gasteiger partial charge in [-0.2, -0.15) is 0 Å². The van der Waals surface area contributed by atoms with E-state index in [0.29, 0.717) is 27.8 Å². The van der Waals surface area contributed by atoms with E-state index in [-0.39, 0.29) is 12.5 Å². The van der Waals surface area contributed by atoms with E-state index >= 15 is 0 Å². The van der Waals surface area contributed by atoms with Gasteiger partial charge in [-0.15, -0.1) is 0 Å². The van der Waals surface area contributed by atoms with Crippen LogP contribution in [0.3, 0.4) is 0 Å². The van der Waals surface area contributed by atoms with Crippen LogP contribution in [0.15, 0.2) is 53.6 Å². The average molecular weight is 368 g/mol. The lowest BCUT2D eigenvalue weighted by Gasteiger charge is -2.08. The van der Waals surface area contributed by atoms with Crippen molar-refractivity contribution >= 4 is 52.1 Å². The Bertz CT molecular complexity index is 879. The van der Waals surface area contributed by atoms with Gasteiger partial charge in [-0.25, -0.2) is 0 Å². The minimum atomic E-state index is -0.213. The number of ether oxygens (including phenoxy) is 1. The van der Waals surface area contributed by atoms with Crippen LogP contribution in [0.1, 0.15) is 4.79 Å². The fraction of sp³-hybridized carbons (Fsp3) is 0.0625. The molecule has 23 heavy (non-hydrogen) atoms. The highest BCUT2D eigenvalue weighted by atomic mass is 35.5. The molecule has 0 aliphatic carbocycles. The molecule has 0 aliphatic rings. The Morgan fingerprint density at radius 2 is 1.96 bits per heavy atom. The molecule has 0 unspecified atom stereocenters. The van der Waals surface area contributed by atoms with Gasteiger partial charge in [0, 0.05) is 34.6 Å². The van der Waals surface area contributed by atoms with Gasteiger partial charge in [-0.05, 0) is 36.4 Å². The van der Waals surface area contributed by atoms with Gasteiger partial charge in [0.15, 0.2) is 6.61 Å². The first-order valence-electron chi connectivity index (χ1n) is 6.62. The zero-order valence-electron chi connectivity index (χ0n) is 11.7. The van der Waals surface area contributed by atoms with Crippen molar-refractivity contribution in [2.75, 3.05) is 6.61 Å². The summed E-state index contributed by atoms with van der Waals surface area (Å²) in [6, 6.07) is 12.0. The smallest absolute Gasteiger partial charge is 0.268 e. The predicted molar refractivity (Wildman–Crippen MR) is 93.0 cm³/mol. The summed E-state index contributed by atoms with van der Waals surface area (Å²) >= 11 is 12.4. The van der Waals surface area contributed by atoms with Crippen LogP contribution in [0.2, 0.25) is 10.0 Å². The van der Waals surface area contributed by atoms with Crippen LogP contribution in [0.4, 0.5) is 0 Å². The Kier molecular flexibility index (Phi) is 4.82. The third kappa shape index (κ3) is 3.48. The Balaban J connectivity index is 1.76. The lowest BCUT2D eigenvalue weighted by atomic mass is 10.2. The van der Waals surface area contributed by atoms with Crippen LogP contribution in [0.25, 0.3) is 10.9 Å². The quantitative estimate of drug-likeness (QED) is 0.641. The Hall–Kier alpha value is -1.66. The molecule has 0 fully saturated rings. The van der Waals surface area contributed by atoms with Crippen LogP contribution < -0.4 is 4.74 Å². The summed E-state index contributed by atoms with van der Waals surface area (Å²) in [7, 11) is 0. The van der Waals surface area contributed by atoms with Gasteiger partial charge in [0.1, 0.15) is 5.75 Å². The molecule has 0 aliphatic heterocycles. The molecule has 0 amide bonds. The van der Waals surface area contributed by atoms with E-state index in [1.807, 2.05) is 12.1 Å². The van der Waals surface area contributed by atoms with Crippen LogP contribution in [0.5, 0.6) is 5.75 Å². The summed E-state index contributed by atoms with van der Waals surface area (Å²) in [5, 5.41) is 1.67. The molecule has 0 saturated carbocycles. The third-order valence-electron chi connectivity index (χ3n) is 3.29. The standard InChI is InChI=1S/C16H11Cl2NO3S/c17-13-3-1-11(8-14(13)18)22-9-16(20)19-6-5-10-7-12(23-21)2-4-15(10)19/h1-8,21H,9H2. The maximum Gasteiger partial charge on any atom is 0.268 e. The summed E-state index contributed by atoms with van der Waals surface area (Å²) in [5.74, 6) is 0.263. The molecule has 7 heteroatoms. The highest BCUT2D eigenvalue weighted by Gasteiger charge is 2.11. The van der Waals surface area contributed by atoms with Gasteiger partial charge in [-0.1, -0.05) is 23.2 Å². The van der Waals surface area contributed by atoms with Crippen molar-refractivity contribution in [2.24, 2.45) is 0 Å². The SMILES string of the molecule is O=C(COc1ccc(Cl)c(Cl)c1)n1ccc2cc(SO)ccc21. The molecule has 0 radical (unpaired) electrons. The molecule has 3 rings (SSSR count). The Morgan fingerprint density at radius 3 is 2.70 bits per heavy atom. The zero-order valence-corrected chi connectivity index (χ0v) is 14.0. The van der Waals surface area contributed by atoms with Crippen molar-refractivity contribution < 1.29 is 14.1 Å². The van der Waals surface area contributed by atoms with Crippen molar-refractivity contribution in [1.82, 2.24) is 4.57 Å². The number of carbonyl (C=O) groups excluding carboxylic acids is 1. The first-order valence-corrected chi connectivity index (χ1v) is 8.15. The average Bonchev–Trinajstić information content (AvgIpc) is 2.98. The zero-order chi connectivity index (χ0) is 16.4. The molecule has 0 bridgehead atoms. The summed E-state index contributed by atoms with van der Waals surface area (Å²) < 4.78 is 16.0. The number of aromatic nitrogens is 1. The van der Waals surface area contributed by atoms with Crippen molar-refractivity contribution in [2.45, 2.75) is 4.90 Å². The molecule has 0 atom stereocenters. The highest BCUT2D eigenvalue weighted by Crippen LogP contribution is 2.26. The number of rotatable bonds is 4. The topological polar surface area (TPSA) is 51.5 Å². The second-order valence-electron chi connectivity index (χ2n) is 4.76. The molecule has 0 saturated heterocycles. The maximum atomic E-state index is 12.3. The lowest BCUT2D eigenvalue weighted by Crippen LogP contribution is -2.18. The van der Waals surface area contributed by atoms with Crippen LogP contribution in [-0.4, -0.2) is 21.6 Å². The molecule has 2 aromatic carbocycles. The highest BCUT2D eigenvalue weighted by molar-refractivity contribution is 7.93. The first kappa shape index (κ1) is 16.2. The van der Waals surface area contributed by atoms with E-state index in [1.54, 1.807) is 36.5 Å². The van der Waals surface area contributed by atoms with E-state index < -0.39 is 0 Å². The molecule has 1 heterocycles. The number of hydrogen-bond acceptors (Lipinski definition) is 4. The molecule has 4 nitrogen and oxygen atoms in total. The molecule has 1 aromatic heterocycles. The van der Waals surface area contributed by atoms with Crippen molar-refractivity contribution in [3.8, 4) is 5.75 Å². The van der Waals surface area contributed by atoms with Crippen LogP contribution in [0, 0.1) is 0 Å². The van der Waals surface area contributed by atoms with Gasteiger partial charge in [0.2, 0.25) is 0 Å². The van der Waals surface area contributed by atoms with Gasteiger partial charge < -0.3 is 9.29 Å². The second-order valence-corrected chi connectivity index (χ2v) is 6.22. The molecular weight excluding hydrogens is 357 g/mol. The Morgan fingerprint density at radius 1 is 1.13 bits per heavy atom. The minimum Gasteiger partial charge on any atom is -0.484 e. The largest absolute Gasteiger partial charge is 0.484 e. The van der Waals surface area contributed by atoms with E-state index in [0.717, 1.165) is 15.8 Å². The van der Waals surface area contributed by atoms with Gasteiger partial charge >= 0.3 is 0 Å². The first-order chi connectivity index (χ1) is 11.1. The maximum absolute atomic E-state index is 12.3. The van der Waals surface area contributed by atoms with Crippen LogP contribution >= 0.6 is 35.2 Å². The second kappa shape index (κ2) is 6.84. The summed E-state index contributed by atoms with van der Waals surface area (Å²) in [6.45, 7) is -0.127. The molecule has 3 aromatic rings. The lowest BCUT2D eigenvalue weighted by molar-refractivity contribution is 0.0843. The number of benzene rings is 2. The van der Waals surface area contributed by atoms with Crippen molar-refractivity contribution in [3.05, 3.63) is 58.7 Å². The third-order valence-corrected chi connectivity index (χ3v) is 4.49.